The number of halogens is 2. The molecule has 1 unspecified atom stereocenters. The maximum atomic E-state index is 12.4. The van der Waals surface area contributed by atoms with E-state index in [2.05, 4.69) is 42.2 Å². The Balaban J connectivity index is 1.63. The van der Waals surface area contributed by atoms with Gasteiger partial charge < -0.3 is 14.6 Å². The fourth-order valence-corrected chi connectivity index (χ4v) is 3.18. The molecule has 2 aromatic rings. The molecule has 0 spiro atoms. The second-order valence-corrected chi connectivity index (χ2v) is 7.24. The fourth-order valence-electron chi connectivity index (χ4n) is 2.64. The molecule has 1 aliphatic heterocycles. The van der Waals surface area contributed by atoms with Crippen molar-refractivity contribution in [1.29, 1.82) is 0 Å². The minimum atomic E-state index is -0.258. The zero-order valence-electron chi connectivity index (χ0n) is 12.7. The molecule has 0 aromatic carbocycles. The summed E-state index contributed by atoms with van der Waals surface area (Å²) in [5, 5.41) is 2.80. The molecule has 126 valence electrons. The fraction of sp³-hybridized carbons (Fsp3) is 0.312. The summed E-state index contributed by atoms with van der Waals surface area (Å²) < 4.78 is 6.67. The number of carbonyl (C=O) groups excluding carboxylic acids is 2. The highest BCUT2D eigenvalue weighted by Gasteiger charge is 2.30. The molecule has 8 heteroatoms. The average molecular weight is 457 g/mol. The van der Waals surface area contributed by atoms with Gasteiger partial charge in [0.1, 0.15) is 5.82 Å². The first kappa shape index (κ1) is 17.2. The van der Waals surface area contributed by atoms with Crippen LogP contribution in [0.4, 0.5) is 5.82 Å². The summed E-state index contributed by atoms with van der Waals surface area (Å²) in [5.41, 5.74) is 0. The summed E-state index contributed by atoms with van der Waals surface area (Å²) >= 11 is 6.49. The third-order valence-corrected chi connectivity index (χ3v) is 4.74. The van der Waals surface area contributed by atoms with Gasteiger partial charge >= 0.3 is 0 Å². The van der Waals surface area contributed by atoms with Crippen molar-refractivity contribution in [3.8, 4) is 0 Å². The number of nitrogens with one attached hydrogen (secondary N) is 1. The summed E-state index contributed by atoms with van der Waals surface area (Å²) in [6, 6.07) is 6.85. The maximum Gasteiger partial charge on any atom is 0.289 e. The summed E-state index contributed by atoms with van der Waals surface area (Å²) in [7, 11) is 0. The SMILES string of the molecule is O=C(Nc1ccc(Br)cn1)C1CCCN(C(=O)c2ccc(Br)o2)C1. The third-order valence-electron chi connectivity index (χ3n) is 3.84. The predicted octanol–water partition coefficient (Wildman–Crippen LogP) is 3.69. The molecule has 0 aliphatic carbocycles. The van der Waals surface area contributed by atoms with Crippen LogP contribution in [-0.4, -0.2) is 34.8 Å². The molecule has 1 aliphatic rings. The first-order valence-electron chi connectivity index (χ1n) is 7.50. The second kappa shape index (κ2) is 7.48. The van der Waals surface area contributed by atoms with Gasteiger partial charge in [-0.25, -0.2) is 4.98 Å². The highest BCUT2D eigenvalue weighted by atomic mass is 79.9. The van der Waals surface area contributed by atoms with E-state index < -0.39 is 0 Å². The smallest absolute Gasteiger partial charge is 0.289 e. The lowest BCUT2D eigenvalue weighted by atomic mass is 9.97. The van der Waals surface area contributed by atoms with E-state index in [0.29, 0.717) is 23.6 Å². The number of piperidine rings is 1. The molecule has 0 radical (unpaired) electrons. The van der Waals surface area contributed by atoms with Gasteiger partial charge in [0, 0.05) is 23.8 Å². The lowest BCUT2D eigenvalue weighted by Gasteiger charge is -2.31. The Bertz CT molecular complexity index is 745. The first-order chi connectivity index (χ1) is 11.5. The Morgan fingerprint density at radius 2 is 2.08 bits per heavy atom. The second-order valence-electron chi connectivity index (χ2n) is 5.54. The van der Waals surface area contributed by atoms with E-state index in [1.54, 1.807) is 29.3 Å². The molecule has 3 rings (SSSR count). The Morgan fingerprint density at radius 3 is 2.75 bits per heavy atom. The van der Waals surface area contributed by atoms with Gasteiger partial charge in [-0.2, -0.15) is 0 Å². The molecular formula is C16H15Br2N3O3. The van der Waals surface area contributed by atoms with Crippen LogP contribution in [0.2, 0.25) is 0 Å². The standard InChI is InChI=1S/C16H15Br2N3O3/c17-11-3-6-14(19-8-11)20-15(22)10-2-1-7-21(9-10)16(23)12-4-5-13(18)24-12/h3-6,8,10H,1-2,7,9H2,(H,19,20,22). The molecule has 1 N–H and O–H groups in total. The van der Waals surface area contributed by atoms with Gasteiger partial charge in [0.05, 0.1) is 5.92 Å². The van der Waals surface area contributed by atoms with E-state index in [1.807, 2.05) is 6.07 Å². The highest BCUT2D eigenvalue weighted by molar-refractivity contribution is 9.10. The molecule has 6 nitrogen and oxygen atoms in total. The number of hydrogen-bond donors (Lipinski definition) is 1. The van der Waals surface area contributed by atoms with Gasteiger partial charge in [0.15, 0.2) is 10.4 Å². The zero-order chi connectivity index (χ0) is 17.1. The van der Waals surface area contributed by atoms with E-state index >= 15 is 0 Å². The third kappa shape index (κ3) is 4.05. The molecule has 24 heavy (non-hydrogen) atoms. The molecule has 1 fully saturated rings. The Labute approximate surface area is 155 Å². The topological polar surface area (TPSA) is 75.4 Å². The van der Waals surface area contributed by atoms with E-state index in [1.165, 1.54) is 0 Å². The van der Waals surface area contributed by atoms with Crippen molar-refractivity contribution in [2.24, 2.45) is 5.92 Å². The number of aromatic nitrogens is 1. The number of likely N-dealkylation sites (tertiary alicyclic amines) is 1. The van der Waals surface area contributed by atoms with Crippen LogP contribution in [0.1, 0.15) is 23.4 Å². The quantitative estimate of drug-likeness (QED) is 0.764. The number of carbonyl (C=O) groups is 2. The molecule has 3 heterocycles. The average Bonchev–Trinajstić information content (AvgIpc) is 3.03. The maximum absolute atomic E-state index is 12.4. The van der Waals surface area contributed by atoms with Crippen LogP contribution in [0, 0.1) is 5.92 Å². The molecule has 0 bridgehead atoms. The van der Waals surface area contributed by atoms with Crippen molar-refractivity contribution >= 4 is 49.5 Å². The van der Waals surface area contributed by atoms with Crippen molar-refractivity contribution in [3.63, 3.8) is 0 Å². The van der Waals surface area contributed by atoms with Crippen LogP contribution in [0.5, 0.6) is 0 Å². The van der Waals surface area contributed by atoms with Gasteiger partial charge in [-0.05, 0) is 69.0 Å². The number of furan rings is 1. The van der Waals surface area contributed by atoms with Crippen molar-refractivity contribution in [2.45, 2.75) is 12.8 Å². The minimum Gasteiger partial charge on any atom is -0.444 e. The van der Waals surface area contributed by atoms with Gasteiger partial charge in [-0.1, -0.05) is 0 Å². The van der Waals surface area contributed by atoms with E-state index in [4.69, 9.17) is 4.42 Å². The molecule has 1 atom stereocenters. The number of pyridine rings is 1. The predicted molar refractivity (Wildman–Crippen MR) is 95.6 cm³/mol. The summed E-state index contributed by atoms with van der Waals surface area (Å²) in [5.74, 6) is 0.202. The summed E-state index contributed by atoms with van der Waals surface area (Å²) in [6.07, 6.45) is 3.15. The molecular weight excluding hydrogens is 442 g/mol. The van der Waals surface area contributed by atoms with Crippen molar-refractivity contribution in [2.75, 3.05) is 18.4 Å². The largest absolute Gasteiger partial charge is 0.444 e. The highest BCUT2D eigenvalue weighted by Crippen LogP contribution is 2.22. The Morgan fingerprint density at radius 1 is 1.25 bits per heavy atom. The minimum absolute atomic E-state index is 0.122. The monoisotopic (exact) mass is 455 g/mol. The van der Waals surface area contributed by atoms with Crippen LogP contribution in [0.25, 0.3) is 0 Å². The zero-order valence-corrected chi connectivity index (χ0v) is 15.8. The molecule has 2 aromatic heterocycles. The lowest BCUT2D eigenvalue weighted by Crippen LogP contribution is -2.43. The first-order valence-corrected chi connectivity index (χ1v) is 9.08. The van der Waals surface area contributed by atoms with Gasteiger partial charge in [-0.3, -0.25) is 9.59 Å². The van der Waals surface area contributed by atoms with Crippen molar-refractivity contribution < 1.29 is 14.0 Å². The van der Waals surface area contributed by atoms with Crippen molar-refractivity contribution in [1.82, 2.24) is 9.88 Å². The number of hydrogen-bond acceptors (Lipinski definition) is 4. The van der Waals surface area contributed by atoms with Gasteiger partial charge in [-0.15, -0.1) is 0 Å². The van der Waals surface area contributed by atoms with Crippen LogP contribution in [0.15, 0.2) is 44.0 Å². The number of nitrogens with zero attached hydrogens (tertiary/aromatic N) is 2. The number of amides is 2. The Hall–Kier alpha value is -1.67. The van der Waals surface area contributed by atoms with Gasteiger partial charge in [0.2, 0.25) is 5.91 Å². The molecule has 0 saturated carbocycles. The van der Waals surface area contributed by atoms with E-state index in [9.17, 15) is 9.59 Å². The van der Waals surface area contributed by atoms with Crippen molar-refractivity contribution in [3.05, 3.63) is 45.4 Å². The normalized spacial score (nSPS) is 17.6. The van der Waals surface area contributed by atoms with Crippen LogP contribution < -0.4 is 5.32 Å². The van der Waals surface area contributed by atoms with Crippen LogP contribution in [-0.2, 0) is 4.79 Å². The summed E-state index contributed by atoms with van der Waals surface area (Å²) in [4.78, 5) is 30.7. The molecule has 1 saturated heterocycles. The van der Waals surface area contributed by atoms with Crippen LogP contribution >= 0.6 is 31.9 Å². The van der Waals surface area contributed by atoms with E-state index in [0.717, 1.165) is 17.3 Å². The number of anilines is 1. The van der Waals surface area contributed by atoms with Gasteiger partial charge in [0.25, 0.3) is 5.91 Å². The van der Waals surface area contributed by atoms with E-state index in [-0.39, 0.29) is 23.5 Å². The lowest BCUT2D eigenvalue weighted by molar-refractivity contribution is -0.121. The molecule has 2 amide bonds. The van der Waals surface area contributed by atoms with Crippen LogP contribution in [0.3, 0.4) is 0 Å². The summed E-state index contributed by atoms with van der Waals surface area (Å²) in [6.45, 7) is 0.997. The Kier molecular flexibility index (Phi) is 5.35. The number of rotatable bonds is 3.